The molecule has 2 aliphatic heterocycles. The maximum atomic E-state index is 15.0. The zero-order chi connectivity index (χ0) is 21.5. The van der Waals surface area contributed by atoms with Crippen LogP contribution in [0.5, 0.6) is 0 Å². The summed E-state index contributed by atoms with van der Waals surface area (Å²) < 4.78 is 15.0. The first-order valence-electron chi connectivity index (χ1n) is 9.89. The first kappa shape index (κ1) is 21.0. The summed E-state index contributed by atoms with van der Waals surface area (Å²) in [6.07, 6.45) is 1.47. The van der Waals surface area contributed by atoms with Gasteiger partial charge in [0.2, 0.25) is 0 Å². The molecule has 2 atom stereocenters. The third-order valence-electron chi connectivity index (χ3n) is 6.21. The van der Waals surface area contributed by atoms with Gasteiger partial charge in [-0.3, -0.25) is 4.79 Å². The first-order chi connectivity index (χ1) is 14.4. The number of amidine groups is 1. The van der Waals surface area contributed by atoms with E-state index >= 15 is 0 Å². The molecule has 30 heavy (non-hydrogen) atoms. The largest absolute Gasteiger partial charge is 0.306 e. The van der Waals surface area contributed by atoms with Crippen molar-refractivity contribution in [3.8, 4) is 0 Å². The van der Waals surface area contributed by atoms with Gasteiger partial charge in [0.1, 0.15) is 22.3 Å². The lowest BCUT2D eigenvalue weighted by Crippen LogP contribution is -2.61. The van der Waals surface area contributed by atoms with Crippen molar-refractivity contribution in [2.45, 2.75) is 50.1 Å². The van der Waals surface area contributed by atoms with Crippen LogP contribution in [0.15, 0.2) is 63.8 Å². The Morgan fingerprint density at radius 1 is 1.20 bits per heavy atom. The molecule has 0 spiro atoms. The molecule has 2 heterocycles. The summed E-state index contributed by atoms with van der Waals surface area (Å²) in [4.78, 5) is 19.1. The highest BCUT2D eigenvalue weighted by Crippen LogP contribution is 2.56. The zero-order valence-electron chi connectivity index (χ0n) is 17.0. The van der Waals surface area contributed by atoms with Crippen molar-refractivity contribution >= 4 is 40.1 Å². The lowest BCUT2D eigenvalue weighted by atomic mass is 9.74. The van der Waals surface area contributed by atoms with E-state index in [0.29, 0.717) is 21.4 Å². The molecule has 0 aliphatic carbocycles. The number of benzene rings is 2. The van der Waals surface area contributed by atoms with Crippen molar-refractivity contribution in [2.24, 2.45) is 15.2 Å². The van der Waals surface area contributed by atoms with Gasteiger partial charge in [0.15, 0.2) is 5.17 Å². The Morgan fingerprint density at radius 3 is 2.53 bits per heavy atom. The molecule has 1 amide bonds. The SMILES string of the molecule is CCC1(CC)N=NC2SC(=NC(=O)c3ccccc3Cl)N(c3ccccc3F)C21C. The van der Waals surface area contributed by atoms with E-state index in [2.05, 4.69) is 29.1 Å². The normalized spacial score (nSPS) is 25.7. The van der Waals surface area contributed by atoms with Crippen LogP contribution in [-0.2, 0) is 0 Å². The van der Waals surface area contributed by atoms with Gasteiger partial charge in [-0.1, -0.05) is 61.5 Å². The summed E-state index contributed by atoms with van der Waals surface area (Å²) in [6, 6.07) is 13.3. The molecular weight excluding hydrogens is 423 g/mol. The van der Waals surface area contributed by atoms with Gasteiger partial charge in [0.05, 0.1) is 16.3 Å². The van der Waals surface area contributed by atoms with Crippen molar-refractivity contribution < 1.29 is 9.18 Å². The van der Waals surface area contributed by atoms with Gasteiger partial charge in [-0.25, -0.2) is 4.39 Å². The molecule has 0 bridgehead atoms. The summed E-state index contributed by atoms with van der Waals surface area (Å²) in [5.41, 5.74) is -0.512. The molecule has 4 rings (SSSR count). The second-order valence-corrected chi connectivity index (χ2v) is 8.99. The van der Waals surface area contributed by atoms with Crippen LogP contribution in [0.1, 0.15) is 44.0 Å². The highest BCUT2D eigenvalue weighted by molar-refractivity contribution is 8.15. The molecule has 2 aromatic carbocycles. The molecule has 0 saturated carbocycles. The van der Waals surface area contributed by atoms with E-state index in [-0.39, 0.29) is 11.2 Å². The van der Waals surface area contributed by atoms with Crippen LogP contribution < -0.4 is 4.90 Å². The minimum atomic E-state index is -0.664. The van der Waals surface area contributed by atoms with Crippen molar-refractivity contribution in [1.82, 2.24) is 0 Å². The molecule has 0 radical (unpaired) electrons. The van der Waals surface area contributed by atoms with Crippen LogP contribution in [-0.4, -0.2) is 27.5 Å². The monoisotopic (exact) mass is 444 g/mol. The number of halogens is 2. The van der Waals surface area contributed by atoms with Crippen molar-refractivity contribution in [2.75, 3.05) is 4.90 Å². The maximum Gasteiger partial charge on any atom is 0.280 e. The number of rotatable bonds is 4. The summed E-state index contributed by atoms with van der Waals surface area (Å²) in [6.45, 7) is 6.15. The summed E-state index contributed by atoms with van der Waals surface area (Å²) in [7, 11) is 0. The standard InChI is InChI=1S/C22H22ClFN4OS/c1-4-22(5-2)21(3)19(26-27-22)30-20(28(21)17-13-9-8-12-16(17)24)25-18(29)14-10-6-7-11-15(14)23/h6-13,19H,4-5H2,1-3H3. The summed E-state index contributed by atoms with van der Waals surface area (Å²) >= 11 is 7.53. The quantitative estimate of drug-likeness (QED) is 0.553. The van der Waals surface area contributed by atoms with Crippen LogP contribution in [0.3, 0.4) is 0 Å². The van der Waals surface area contributed by atoms with Crippen LogP contribution in [0.2, 0.25) is 5.02 Å². The van der Waals surface area contributed by atoms with E-state index in [0.717, 1.165) is 12.8 Å². The number of aliphatic imine (C=N–C) groups is 1. The Hall–Kier alpha value is -2.25. The molecule has 5 nitrogen and oxygen atoms in total. The van der Waals surface area contributed by atoms with Crippen molar-refractivity contribution in [3.63, 3.8) is 0 Å². The topological polar surface area (TPSA) is 57.4 Å². The highest BCUT2D eigenvalue weighted by atomic mass is 35.5. The predicted molar refractivity (Wildman–Crippen MR) is 120 cm³/mol. The minimum absolute atomic E-state index is 0.296. The van der Waals surface area contributed by atoms with Gasteiger partial charge in [-0.15, -0.1) is 0 Å². The highest BCUT2D eigenvalue weighted by Gasteiger charge is 2.65. The summed E-state index contributed by atoms with van der Waals surface area (Å²) in [5.74, 6) is -0.852. The fraction of sp³-hybridized carbons (Fsp3) is 0.364. The fourth-order valence-electron chi connectivity index (χ4n) is 4.37. The van der Waals surface area contributed by atoms with Gasteiger partial charge in [-0.05, 0) is 44.0 Å². The lowest BCUT2D eigenvalue weighted by molar-refractivity contribution is 0.100. The van der Waals surface area contributed by atoms with Crippen LogP contribution in [0, 0.1) is 5.82 Å². The number of nitrogens with zero attached hydrogens (tertiary/aromatic N) is 4. The number of fused-ring (bicyclic) bond motifs is 1. The Balaban J connectivity index is 1.88. The Labute approximate surface area is 184 Å². The van der Waals surface area contributed by atoms with Crippen molar-refractivity contribution in [1.29, 1.82) is 0 Å². The van der Waals surface area contributed by atoms with Gasteiger partial charge < -0.3 is 4.90 Å². The Kier molecular flexibility index (Phi) is 5.45. The number of carbonyl (C=O) groups excluding carboxylic acids is 1. The Morgan fingerprint density at radius 2 is 1.87 bits per heavy atom. The van der Waals surface area contributed by atoms with Gasteiger partial charge in [0, 0.05) is 0 Å². The molecule has 1 fully saturated rings. The number of azo groups is 1. The number of anilines is 1. The second-order valence-electron chi connectivity index (χ2n) is 7.54. The third kappa shape index (κ3) is 2.98. The fourth-order valence-corrected chi connectivity index (χ4v) is 5.96. The molecule has 2 unspecified atom stereocenters. The third-order valence-corrected chi connectivity index (χ3v) is 7.81. The lowest BCUT2D eigenvalue weighted by Gasteiger charge is -2.45. The number of thioether (sulfide) groups is 1. The van der Waals surface area contributed by atoms with Gasteiger partial charge >= 0.3 is 0 Å². The van der Waals surface area contributed by atoms with Gasteiger partial charge in [-0.2, -0.15) is 15.2 Å². The number of amides is 1. The molecule has 0 N–H and O–H groups in total. The molecule has 8 heteroatoms. The first-order valence-corrected chi connectivity index (χ1v) is 11.1. The molecule has 1 saturated heterocycles. The number of carbonyl (C=O) groups is 1. The van der Waals surface area contributed by atoms with E-state index < -0.39 is 17.0 Å². The molecule has 0 aromatic heterocycles. The van der Waals surface area contributed by atoms with E-state index in [1.807, 2.05) is 11.8 Å². The van der Waals surface area contributed by atoms with E-state index in [4.69, 9.17) is 11.6 Å². The molecular formula is C22H22ClFN4OS. The van der Waals surface area contributed by atoms with Crippen LogP contribution in [0.4, 0.5) is 10.1 Å². The van der Waals surface area contributed by atoms with Crippen LogP contribution in [0.25, 0.3) is 0 Å². The number of para-hydroxylation sites is 1. The van der Waals surface area contributed by atoms with E-state index in [1.54, 1.807) is 42.5 Å². The number of hydrogen-bond donors (Lipinski definition) is 0. The second kappa shape index (κ2) is 7.78. The summed E-state index contributed by atoms with van der Waals surface area (Å²) in [5, 5.41) is 9.59. The molecule has 2 aliphatic rings. The van der Waals surface area contributed by atoms with E-state index in [1.165, 1.54) is 17.8 Å². The number of hydrogen-bond acceptors (Lipinski definition) is 4. The van der Waals surface area contributed by atoms with Crippen molar-refractivity contribution in [3.05, 3.63) is 64.9 Å². The predicted octanol–water partition coefficient (Wildman–Crippen LogP) is 6.34. The molecule has 2 aromatic rings. The molecule has 156 valence electrons. The maximum absolute atomic E-state index is 15.0. The average Bonchev–Trinajstić information content (AvgIpc) is 3.17. The Bertz CT molecular complexity index is 1050. The van der Waals surface area contributed by atoms with E-state index in [9.17, 15) is 9.18 Å². The van der Waals surface area contributed by atoms with Crippen LogP contribution >= 0.6 is 23.4 Å². The average molecular weight is 445 g/mol. The minimum Gasteiger partial charge on any atom is -0.306 e. The zero-order valence-corrected chi connectivity index (χ0v) is 18.5. The smallest absolute Gasteiger partial charge is 0.280 e. The van der Waals surface area contributed by atoms with Gasteiger partial charge in [0.25, 0.3) is 5.91 Å².